The number of hydrogen-bond acceptors (Lipinski definition) is 6. The third-order valence-electron chi connectivity index (χ3n) is 6.10. The minimum absolute atomic E-state index is 0.128. The third kappa shape index (κ3) is 5.69. The van der Waals surface area contributed by atoms with Crippen LogP contribution in [0.25, 0.3) is 11.3 Å². The van der Waals surface area contributed by atoms with Gasteiger partial charge in [0.05, 0.1) is 17.7 Å². The number of anilines is 1. The molecule has 1 aromatic heterocycles. The molecule has 0 unspecified atom stereocenters. The quantitative estimate of drug-likeness (QED) is 0.387. The van der Waals surface area contributed by atoms with Crippen LogP contribution in [0.4, 0.5) is 5.13 Å². The van der Waals surface area contributed by atoms with Crippen molar-refractivity contribution >= 4 is 27.8 Å². The van der Waals surface area contributed by atoms with Crippen LogP contribution in [0.5, 0.6) is 0 Å². The number of nitrogens with zero attached hydrogens (tertiary/aromatic N) is 2. The van der Waals surface area contributed by atoms with E-state index in [0.717, 1.165) is 70.8 Å². The maximum atomic E-state index is 6.10. The van der Waals surface area contributed by atoms with Crippen LogP contribution >= 0.6 is 11.3 Å². The van der Waals surface area contributed by atoms with Crippen LogP contribution < -0.4 is 5.32 Å². The molecule has 176 valence electrons. The molecule has 0 saturated carbocycles. The highest BCUT2D eigenvalue weighted by Gasteiger charge is 2.35. The Morgan fingerprint density at radius 1 is 1.21 bits per heavy atom. The molecule has 0 amide bonds. The Balaban J connectivity index is 1.78. The summed E-state index contributed by atoms with van der Waals surface area (Å²) < 4.78 is 11.6. The average Bonchev–Trinajstić information content (AvgIpc) is 3.23. The van der Waals surface area contributed by atoms with E-state index in [-0.39, 0.29) is 5.60 Å². The second-order valence-electron chi connectivity index (χ2n) is 8.29. The maximum absolute atomic E-state index is 6.10. The van der Waals surface area contributed by atoms with Crippen molar-refractivity contribution in [2.75, 3.05) is 25.5 Å². The van der Waals surface area contributed by atoms with Crippen LogP contribution in [0.3, 0.4) is 0 Å². The molecule has 0 aliphatic carbocycles. The molecule has 0 bridgehead atoms. The van der Waals surface area contributed by atoms with Gasteiger partial charge in [0.2, 0.25) is 0 Å². The highest BCUT2D eigenvalue weighted by Crippen LogP contribution is 2.38. The monoisotopic (exact) mass is 465 g/mol. The zero-order chi connectivity index (χ0) is 24.0. The zero-order valence-corrected chi connectivity index (χ0v) is 21.1. The molecular formula is C27H35N3O2S. The molecule has 1 aliphatic heterocycles. The van der Waals surface area contributed by atoms with E-state index in [1.54, 1.807) is 18.4 Å². The Morgan fingerprint density at radius 2 is 1.88 bits per heavy atom. The van der Waals surface area contributed by atoms with Gasteiger partial charge >= 0.3 is 0 Å². The highest BCUT2D eigenvalue weighted by molar-refractivity contribution is 7.17. The molecule has 2 aromatic rings. The maximum Gasteiger partial charge on any atom is 0.189 e. The van der Waals surface area contributed by atoms with E-state index >= 15 is 0 Å². The molecule has 1 aliphatic rings. The summed E-state index contributed by atoms with van der Waals surface area (Å²) in [7, 11) is 1.62. The topological polar surface area (TPSA) is 46.6 Å². The predicted molar refractivity (Wildman–Crippen MR) is 140 cm³/mol. The largest absolute Gasteiger partial charge is 0.495 e. The molecule has 33 heavy (non-hydrogen) atoms. The number of aromatic nitrogens is 1. The summed E-state index contributed by atoms with van der Waals surface area (Å²) in [6.45, 7) is 20.2. The van der Waals surface area contributed by atoms with Gasteiger partial charge in [-0.2, -0.15) is 0 Å². The number of benzene rings is 1. The molecule has 3 rings (SSSR count). The Bertz CT molecular complexity index is 1030. The lowest BCUT2D eigenvalue weighted by atomic mass is 9.88. The van der Waals surface area contributed by atoms with E-state index in [1.165, 1.54) is 0 Å². The SMILES string of the molecule is C=C(C)OC1(CC)CCN(C(=C)Nc2nc(C(=C)OC)c(/C(=C\C)c3ccccc3)s2)CC1. The van der Waals surface area contributed by atoms with Crippen molar-refractivity contribution in [3.8, 4) is 0 Å². The van der Waals surface area contributed by atoms with Crippen LogP contribution in [0.2, 0.25) is 0 Å². The normalized spacial score (nSPS) is 15.6. The van der Waals surface area contributed by atoms with Gasteiger partial charge in [-0.15, -0.1) is 0 Å². The molecule has 0 atom stereocenters. The molecule has 1 aromatic carbocycles. The Labute approximate surface area is 202 Å². The van der Waals surface area contributed by atoms with Crippen LogP contribution in [0.1, 0.15) is 56.2 Å². The minimum Gasteiger partial charge on any atom is -0.495 e. The summed E-state index contributed by atoms with van der Waals surface area (Å²) in [5.74, 6) is 2.16. The van der Waals surface area contributed by atoms with Gasteiger partial charge < -0.3 is 19.7 Å². The van der Waals surface area contributed by atoms with Crippen LogP contribution in [0.15, 0.2) is 67.7 Å². The summed E-state index contributed by atoms with van der Waals surface area (Å²) >= 11 is 1.58. The molecule has 5 nitrogen and oxygen atoms in total. The lowest BCUT2D eigenvalue weighted by Crippen LogP contribution is -2.45. The van der Waals surface area contributed by atoms with Gasteiger partial charge in [-0.3, -0.25) is 0 Å². The Hall–Kier alpha value is -2.99. The molecule has 0 spiro atoms. The first kappa shape index (κ1) is 24.6. The van der Waals surface area contributed by atoms with Crippen molar-refractivity contribution in [2.45, 2.75) is 45.6 Å². The van der Waals surface area contributed by atoms with Crippen molar-refractivity contribution in [1.29, 1.82) is 0 Å². The average molecular weight is 466 g/mol. The predicted octanol–water partition coefficient (Wildman–Crippen LogP) is 6.89. The van der Waals surface area contributed by atoms with Gasteiger partial charge in [0.1, 0.15) is 22.9 Å². The third-order valence-corrected chi connectivity index (χ3v) is 7.10. The number of ether oxygens (including phenoxy) is 2. The molecule has 0 radical (unpaired) electrons. The first-order valence-electron chi connectivity index (χ1n) is 11.3. The summed E-state index contributed by atoms with van der Waals surface area (Å²) in [5.41, 5.74) is 2.84. The first-order valence-corrected chi connectivity index (χ1v) is 12.2. The zero-order valence-electron chi connectivity index (χ0n) is 20.2. The van der Waals surface area contributed by atoms with Crippen molar-refractivity contribution in [1.82, 2.24) is 9.88 Å². The van der Waals surface area contributed by atoms with Gasteiger partial charge in [0, 0.05) is 25.9 Å². The lowest BCUT2D eigenvalue weighted by molar-refractivity contribution is -0.0433. The van der Waals surface area contributed by atoms with Crippen molar-refractivity contribution in [3.63, 3.8) is 0 Å². The number of methoxy groups -OCH3 is 1. The number of nitrogens with one attached hydrogen (secondary N) is 1. The van der Waals surface area contributed by atoms with Gasteiger partial charge in [-0.1, -0.05) is 74.4 Å². The van der Waals surface area contributed by atoms with Gasteiger partial charge in [0.15, 0.2) is 5.13 Å². The molecule has 1 saturated heterocycles. The van der Waals surface area contributed by atoms with Gasteiger partial charge in [0.25, 0.3) is 0 Å². The molecule has 1 fully saturated rings. The van der Waals surface area contributed by atoms with Gasteiger partial charge in [-0.25, -0.2) is 4.98 Å². The van der Waals surface area contributed by atoms with E-state index in [1.807, 2.05) is 32.0 Å². The van der Waals surface area contributed by atoms with Gasteiger partial charge in [-0.05, 0) is 31.4 Å². The van der Waals surface area contributed by atoms with E-state index in [2.05, 4.69) is 55.1 Å². The number of likely N-dealkylation sites (tertiary alicyclic amines) is 1. The Kier molecular flexibility index (Phi) is 8.03. The van der Waals surface area contributed by atoms with E-state index < -0.39 is 0 Å². The highest BCUT2D eigenvalue weighted by atomic mass is 32.1. The fourth-order valence-electron chi connectivity index (χ4n) is 4.17. The summed E-state index contributed by atoms with van der Waals surface area (Å²) in [5, 5.41) is 4.19. The molecule has 2 heterocycles. The fourth-order valence-corrected chi connectivity index (χ4v) is 5.27. The van der Waals surface area contributed by atoms with Crippen molar-refractivity contribution in [2.24, 2.45) is 0 Å². The molecule has 6 heteroatoms. The van der Waals surface area contributed by atoms with Crippen LogP contribution in [-0.2, 0) is 9.47 Å². The fraction of sp³-hybridized carbons (Fsp3) is 0.370. The molecular weight excluding hydrogens is 430 g/mol. The summed E-state index contributed by atoms with van der Waals surface area (Å²) in [6, 6.07) is 10.3. The Morgan fingerprint density at radius 3 is 2.42 bits per heavy atom. The number of hydrogen-bond donors (Lipinski definition) is 1. The summed E-state index contributed by atoms with van der Waals surface area (Å²) in [4.78, 5) is 8.09. The minimum atomic E-state index is -0.128. The molecule has 1 N–H and O–H groups in total. The standard InChI is InChI=1S/C27H35N3O2S/c1-8-23(22-13-11-10-12-14-22)25-24(20(5)31-7)29-26(33-25)28-21(6)30-17-15-27(9-2,16-18-30)32-19(3)4/h8,10-14H,3,5-6,9,15-18H2,1-2,4,7H3,(H,28,29)/b23-8-. The number of piperidine rings is 1. The first-order chi connectivity index (χ1) is 15.8. The van der Waals surface area contributed by atoms with E-state index in [0.29, 0.717) is 5.76 Å². The van der Waals surface area contributed by atoms with Crippen LogP contribution in [-0.4, -0.2) is 35.7 Å². The number of thiazole rings is 1. The lowest BCUT2D eigenvalue weighted by Gasteiger charge is -2.42. The number of rotatable bonds is 10. The smallest absolute Gasteiger partial charge is 0.189 e. The second kappa shape index (κ2) is 10.8. The van der Waals surface area contributed by atoms with Crippen molar-refractivity contribution < 1.29 is 9.47 Å². The second-order valence-corrected chi connectivity index (χ2v) is 9.29. The van der Waals surface area contributed by atoms with E-state index in [9.17, 15) is 0 Å². The summed E-state index contributed by atoms with van der Waals surface area (Å²) in [6.07, 6.45) is 4.94. The van der Waals surface area contributed by atoms with Crippen molar-refractivity contribution in [3.05, 3.63) is 83.9 Å². The van der Waals surface area contributed by atoms with Crippen LogP contribution in [0, 0.1) is 0 Å². The van der Waals surface area contributed by atoms with E-state index in [4.69, 9.17) is 14.5 Å². The number of allylic oxidation sites excluding steroid dienone is 2.